The Bertz CT molecular complexity index is 423. The van der Waals surface area contributed by atoms with Crippen molar-refractivity contribution in [2.24, 2.45) is 5.41 Å². The van der Waals surface area contributed by atoms with Gasteiger partial charge in [-0.1, -0.05) is 44.4 Å². The molecule has 3 rings (SSSR count). The molecule has 0 spiro atoms. The predicted molar refractivity (Wildman–Crippen MR) is 83.7 cm³/mol. The molecule has 0 amide bonds. The summed E-state index contributed by atoms with van der Waals surface area (Å²) in [6, 6.07) is 9.51. The smallest absolute Gasteiger partial charge is 0.0339 e. The Kier molecular flexibility index (Phi) is 4.18. The summed E-state index contributed by atoms with van der Waals surface area (Å²) in [7, 11) is 0. The van der Waals surface area contributed by atoms with Crippen LogP contribution in [0.25, 0.3) is 0 Å². The third-order valence-electron chi connectivity index (χ3n) is 4.79. The van der Waals surface area contributed by atoms with Crippen molar-refractivity contribution in [3.8, 4) is 0 Å². The van der Waals surface area contributed by atoms with Gasteiger partial charge in [-0.3, -0.25) is 0 Å². The molecule has 1 aromatic rings. The summed E-state index contributed by atoms with van der Waals surface area (Å²) in [5.41, 5.74) is 2.07. The van der Waals surface area contributed by atoms with Crippen molar-refractivity contribution in [2.75, 3.05) is 12.3 Å². The van der Waals surface area contributed by atoms with Crippen LogP contribution in [0.5, 0.6) is 0 Å². The van der Waals surface area contributed by atoms with Crippen molar-refractivity contribution in [3.63, 3.8) is 0 Å². The van der Waals surface area contributed by atoms with E-state index in [4.69, 9.17) is 0 Å². The van der Waals surface area contributed by atoms with Crippen LogP contribution in [0.15, 0.2) is 29.2 Å². The van der Waals surface area contributed by atoms with Gasteiger partial charge in [-0.25, -0.2) is 0 Å². The zero-order valence-corrected chi connectivity index (χ0v) is 12.8. The maximum absolute atomic E-state index is 3.87. The fourth-order valence-electron chi connectivity index (χ4n) is 3.51. The van der Waals surface area contributed by atoms with Gasteiger partial charge in [0.15, 0.2) is 0 Å². The highest BCUT2D eigenvalue weighted by molar-refractivity contribution is 7.99. The molecule has 19 heavy (non-hydrogen) atoms. The molecule has 1 aliphatic carbocycles. The summed E-state index contributed by atoms with van der Waals surface area (Å²) in [5.74, 6) is 1.26. The standard InChI is InChI=1S/C17H25NS/c1-17(10-5-2-6-11-17)13-18-15-9-12-19-16-8-4-3-7-14(15)16/h3-4,7-8,15,18H,2,5-6,9-13H2,1H3. The number of fused-ring (bicyclic) bond motifs is 1. The zero-order chi connectivity index (χ0) is 13.1. The molecule has 1 N–H and O–H groups in total. The van der Waals surface area contributed by atoms with Crippen molar-refractivity contribution in [3.05, 3.63) is 29.8 Å². The summed E-state index contributed by atoms with van der Waals surface area (Å²) < 4.78 is 0. The van der Waals surface area contributed by atoms with Crippen LogP contribution in [0.3, 0.4) is 0 Å². The van der Waals surface area contributed by atoms with Gasteiger partial charge in [0, 0.05) is 17.5 Å². The average Bonchev–Trinajstić information content (AvgIpc) is 2.46. The molecule has 1 nitrogen and oxygen atoms in total. The number of rotatable bonds is 3. The molecule has 1 aliphatic heterocycles. The van der Waals surface area contributed by atoms with Crippen molar-refractivity contribution in [2.45, 2.75) is 56.4 Å². The first-order chi connectivity index (χ1) is 9.27. The molecule has 1 fully saturated rings. The van der Waals surface area contributed by atoms with Crippen LogP contribution in [-0.2, 0) is 0 Å². The lowest BCUT2D eigenvalue weighted by Gasteiger charge is -2.36. The Labute approximate surface area is 121 Å². The molecular formula is C17H25NS. The number of benzene rings is 1. The Hall–Kier alpha value is -0.470. The lowest BCUT2D eigenvalue weighted by Crippen LogP contribution is -2.36. The molecule has 104 valence electrons. The molecular weight excluding hydrogens is 250 g/mol. The van der Waals surface area contributed by atoms with E-state index in [0.717, 1.165) is 0 Å². The first-order valence-corrected chi connectivity index (χ1v) is 8.71. The lowest BCUT2D eigenvalue weighted by molar-refractivity contribution is 0.199. The topological polar surface area (TPSA) is 12.0 Å². The minimum Gasteiger partial charge on any atom is -0.309 e. The minimum atomic E-state index is 0.539. The normalized spacial score (nSPS) is 25.8. The van der Waals surface area contributed by atoms with Crippen LogP contribution in [0, 0.1) is 5.41 Å². The van der Waals surface area contributed by atoms with Crippen LogP contribution in [-0.4, -0.2) is 12.3 Å². The molecule has 2 aliphatic rings. The molecule has 0 aromatic heterocycles. The first-order valence-electron chi connectivity index (χ1n) is 7.72. The van der Waals surface area contributed by atoms with Crippen LogP contribution in [0.2, 0.25) is 0 Å². The Morgan fingerprint density at radius 3 is 2.84 bits per heavy atom. The van der Waals surface area contributed by atoms with E-state index in [2.05, 4.69) is 36.5 Å². The van der Waals surface area contributed by atoms with E-state index in [1.54, 1.807) is 0 Å². The van der Waals surface area contributed by atoms with Gasteiger partial charge >= 0.3 is 0 Å². The van der Waals surface area contributed by atoms with E-state index < -0.39 is 0 Å². The van der Waals surface area contributed by atoms with E-state index in [1.807, 2.05) is 11.8 Å². The minimum absolute atomic E-state index is 0.539. The molecule has 1 unspecified atom stereocenters. The molecule has 1 aromatic carbocycles. The summed E-state index contributed by atoms with van der Waals surface area (Å²) in [6.07, 6.45) is 8.38. The number of hydrogen-bond acceptors (Lipinski definition) is 2. The first kappa shape index (κ1) is 13.5. The summed E-state index contributed by atoms with van der Waals surface area (Å²) in [5, 5.41) is 3.87. The maximum Gasteiger partial charge on any atom is 0.0339 e. The second kappa shape index (κ2) is 5.88. The molecule has 0 bridgehead atoms. The predicted octanol–water partition coefficient (Wildman–Crippen LogP) is 4.78. The molecule has 2 heteroatoms. The Morgan fingerprint density at radius 2 is 2.00 bits per heavy atom. The monoisotopic (exact) mass is 275 g/mol. The van der Waals surface area contributed by atoms with Gasteiger partial charge in [0.25, 0.3) is 0 Å². The molecule has 1 saturated carbocycles. The Morgan fingerprint density at radius 1 is 1.21 bits per heavy atom. The summed E-state index contributed by atoms with van der Waals surface area (Å²) in [4.78, 5) is 1.49. The Balaban J connectivity index is 1.64. The quantitative estimate of drug-likeness (QED) is 0.851. The molecule has 1 heterocycles. The van der Waals surface area contributed by atoms with E-state index in [0.29, 0.717) is 11.5 Å². The summed E-state index contributed by atoms with van der Waals surface area (Å²) >= 11 is 2.01. The highest BCUT2D eigenvalue weighted by Gasteiger charge is 2.28. The highest BCUT2D eigenvalue weighted by Crippen LogP contribution is 2.38. The van der Waals surface area contributed by atoms with Gasteiger partial charge < -0.3 is 5.32 Å². The second-order valence-electron chi connectivity index (χ2n) is 6.48. The highest BCUT2D eigenvalue weighted by atomic mass is 32.2. The van der Waals surface area contributed by atoms with E-state index in [9.17, 15) is 0 Å². The van der Waals surface area contributed by atoms with Crippen LogP contribution in [0.1, 0.15) is 57.1 Å². The SMILES string of the molecule is CC1(CNC2CCSc3ccccc32)CCCCC1. The third-order valence-corrected chi connectivity index (χ3v) is 5.92. The van der Waals surface area contributed by atoms with Gasteiger partial charge in [-0.05, 0) is 42.1 Å². The maximum atomic E-state index is 3.87. The zero-order valence-electron chi connectivity index (χ0n) is 12.0. The van der Waals surface area contributed by atoms with Gasteiger partial charge in [0.2, 0.25) is 0 Å². The van der Waals surface area contributed by atoms with Crippen molar-refractivity contribution in [1.82, 2.24) is 5.32 Å². The van der Waals surface area contributed by atoms with Gasteiger partial charge in [0.1, 0.15) is 0 Å². The fourth-order valence-corrected chi connectivity index (χ4v) is 4.63. The van der Waals surface area contributed by atoms with Crippen LogP contribution >= 0.6 is 11.8 Å². The van der Waals surface area contributed by atoms with Crippen molar-refractivity contribution >= 4 is 11.8 Å². The largest absolute Gasteiger partial charge is 0.309 e. The van der Waals surface area contributed by atoms with Gasteiger partial charge in [-0.15, -0.1) is 11.8 Å². The van der Waals surface area contributed by atoms with E-state index in [-0.39, 0.29) is 0 Å². The molecule has 0 saturated heterocycles. The van der Waals surface area contributed by atoms with Crippen LogP contribution < -0.4 is 5.32 Å². The van der Waals surface area contributed by atoms with Gasteiger partial charge in [-0.2, -0.15) is 0 Å². The molecule has 1 atom stereocenters. The van der Waals surface area contributed by atoms with Crippen molar-refractivity contribution in [1.29, 1.82) is 0 Å². The molecule has 0 radical (unpaired) electrons. The van der Waals surface area contributed by atoms with Crippen molar-refractivity contribution < 1.29 is 0 Å². The van der Waals surface area contributed by atoms with Gasteiger partial charge in [0.05, 0.1) is 0 Å². The lowest BCUT2D eigenvalue weighted by atomic mass is 9.75. The number of thioether (sulfide) groups is 1. The second-order valence-corrected chi connectivity index (χ2v) is 7.62. The van der Waals surface area contributed by atoms with Crippen LogP contribution in [0.4, 0.5) is 0 Å². The fraction of sp³-hybridized carbons (Fsp3) is 0.647. The van der Waals surface area contributed by atoms with E-state index >= 15 is 0 Å². The number of hydrogen-bond donors (Lipinski definition) is 1. The summed E-state index contributed by atoms with van der Waals surface area (Å²) in [6.45, 7) is 3.67. The van der Waals surface area contributed by atoms with E-state index in [1.165, 1.54) is 61.3 Å². The third kappa shape index (κ3) is 3.17. The average molecular weight is 275 g/mol. The number of nitrogens with one attached hydrogen (secondary N) is 1.